The lowest BCUT2D eigenvalue weighted by molar-refractivity contribution is 0.230. The highest BCUT2D eigenvalue weighted by atomic mass is 32.1. The first-order chi connectivity index (χ1) is 6.67. The van der Waals surface area contributed by atoms with Gasteiger partial charge in [0.2, 0.25) is 0 Å². The molecule has 0 aliphatic carbocycles. The molecule has 80 valence electrons. The molecule has 2 unspecified atom stereocenters. The molecule has 1 heterocycles. The molecule has 3 nitrogen and oxygen atoms in total. The summed E-state index contributed by atoms with van der Waals surface area (Å²) in [6.07, 6.45) is 2.85. The van der Waals surface area contributed by atoms with E-state index in [-0.39, 0.29) is 18.7 Å². The molecular formula is C10H18N2OS. The van der Waals surface area contributed by atoms with Crippen LogP contribution in [0.4, 0.5) is 0 Å². The van der Waals surface area contributed by atoms with Crippen molar-refractivity contribution >= 4 is 11.3 Å². The number of nitrogens with one attached hydrogen (secondary N) is 1. The number of aliphatic hydroxyl groups is 1. The van der Waals surface area contributed by atoms with Gasteiger partial charge in [-0.05, 0) is 20.3 Å². The van der Waals surface area contributed by atoms with Crippen LogP contribution in [0.25, 0.3) is 0 Å². The number of nitrogens with zero attached hydrogens (tertiary/aromatic N) is 1. The van der Waals surface area contributed by atoms with Crippen molar-refractivity contribution in [1.29, 1.82) is 0 Å². The summed E-state index contributed by atoms with van der Waals surface area (Å²) in [5.41, 5.74) is 0. The maximum Gasteiger partial charge on any atom is 0.0897 e. The summed E-state index contributed by atoms with van der Waals surface area (Å²) in [6.45, 7) is 6.37. The molecule has 0 fully saturated rings. The van der Waals surface area contributed by atoms with Crippen LogP contribution < -0.4 is 5.32 Å². The molecule has 0 spiro atoms. The van der Waals surface area contributed by atoms with Crippen molar-refractivity contribution < 1.29 is 5.11 Å². The van der Waals surface area contributed by atoms with Gasteiger partial charge in [-0.15, -0.1) is 11.3 Å². The van der Waals surface area contributed by atoms with Gasteiger partial charge in [0.25, 0.3) is 0 Å². The lowest BCUT2D eigenvalue weighted by Crippen LogP contribution is -2.33. The molecule has 4 heteroatoms. The fourth-order valence-corrected chi connectivity index (χ4v) is 2.11. The van der Waals surface area contributed by atoms with Gasteiger partial charge in [0.05, 0.1) is 11.6 Å². The molecule has 0 bridgehead atoms. The standard InChI is InChI=1S/C10H18N2OS/c1-4-9(6-13)12-7(2)10-5-11-8(3)14-10/h5,7,9,12-13H,4,6H2,1-3H3. The molecule has 2 atom stereocenters. The fraction of sp³-hybridized carbons (Fsp3) is 0.700. The Bertz CT molecular complexity index is 271. The van der Waals surface area contributed by atoms with Crippen LogP contribution in [0.2, 0.25) is 0 Å². The second-order valence-electron chi connectivity index (χ2n) is 3.46. The van der Waals surface area contributed by atoms with E-state index in [1.165, 1.54) is 4.88 Å². The minimum atomic E-state index is 0.187. The highest BCUT2D eigenvalue weighted by Crippen LogP contribution is 2.20. The van der Waals surface area contributed by atoms with E-state index in [4.69, 9.17) is 5.11 Å². The quantitative estimate of drug-likeness (QED) is 0.786. The minimum absolute atomic E-state index is 0.187. The van der Waals surface area contributed by atoms with Crippen LogP contribution >= 0.6 is 11.3 Å². The summed E-state index contributed by atoms with van der Waals surface area (Å²) < 4.78 is 0. The van der Waals surface area contributed by atoms with Gasteiger partial charge >= 0.3 is 0 Å². The van der Waals surface area contributed by atoms with Gasteiger partial charge < -0.3 is 10.4 Å². The van der Waals surface area contributed by atoms with Crippen molar-refractivity contribution in [3.63, 3.8) is 0 Å². The number of aryl methyl sites for hydroxylation is 1. The Kier molecular flexibility index (Phi) is 4.51. The molecule has 0 aromatic carbocycles. The van der Waals surface area contributed by atoms with E-state index in [9.17, 15) is 0 Å². The summed E-state index contributed by atoms with van der Waals surface area (Å²) in [4.78, 5) is 5.44. The molecule has 0 aliphatic heterocycles. The van der Waals surface area contributed by atoms with Gasteiger partial charge in [0, 0.05) is 23.2 Å². The largest absolute Gasteiger partial charge is 0.395 e. The van der Waals surface area contributed by atoms with Crippen LogP contribution in [0, 0.1) is 6.92 Å². The minimum Gasteiger partial charge on any atom is -0.395 e. The zero-order chi connectivity index (χ0) is 10.6. The summed E-state index contributed by atoms with van der Waals surface area (Å²) >= 11 is 1.70. The normalized spacial score (nSPS) is 15.4. The molecular weight excluding hydrogens is 196 g/mol. The molecule has 0 radical (unpaired) electrons. The third-order valence-electron chi connectivity index (χ3n) is 2.26. The monoisotopic (exact) mass is 214 g/mol. The molecule has 0 aliphatic rings. The second-order valence-corrected chi connectivity index (χ2v) is 4.72. The Labute approximate surface area is 89.2 Å². The fourth-order valence-electron chi connectivity index (χ4n) is 1.31. The summed E-state index contributed by atoms with van der Waals surface area (Å²) in [6, 6.07) is 0.464. The van der Waals surface area contributed by atoms with Crippen molar-refractivity contribution in [3.05, 3.63) is 16.1 Å². The van der Waals surface area contributed by atoms with E-state index >= 15 is 0 Å². The van der Waals surface area contributed by atoms with E-state index in [1.54, 1.807) is 11.3 Å². The third-order valence-corrected chi connectivity index (χ3v) is 3.36. The summed E-state index contributed by atoms with van der Waals surface area (Å²) in [5.74, 6) is 0. The molecule has 0 saturated carbocycles. The number of rotatable bonds is 5. The number of thiazole rings is 1. The lowest BCUT2D eigenvalue weighted by atomic mass is 10.2. The van der Waals surface area contributed by atoms with Crippen LogP contribution in [0.5, 0.6) is 0 Å². The summed E-state index contributed by atoms with van der Waals surface area (Å²) in [5, 5.41) is 13.5. The Balaban J connectivity index is 2.53. The predicted molar refractivity (Wildman–Crippen MR) is 59.6 cm³/mol. The van der Waals surface area contributed by atoms with E-state index in [0.717, 1.165) is 11.4 Å². The SMILES string of the molecule is CCC(CO)NC(C)c1cnc(C)s1. The van der Waals surface area contributed by atoms with Crippen molar-refractivity contribution in [2.45, 2.75) is 39.3 Å². The van der Waals surface area contributed by atoms with Gasteiger partial charge in [-0.1, -0.05) is 6.92 Å². The van der Waals surface area contributed by atoms with E-state index < -0.39 is 0 Å². The van der Waals surface area contributed by atoms with Crippen molar-refractivity contribution in [3.8, 4) is 0 Å². The highest BCUT2D eigenvalue weighted by Gasteiger charge is 2.12. The lowest BCUT2D eigenvalue weighted by Gasteiger charge is -2.18. The van der Waals surface area contributed by atoms with Crippen LogP contribution in [-0.4, -0.2) is 22.7 Å². The van der Waals surface area contributed by atoms with Gasteiger partial charge in [-0.3, -0.25) is 0 Å². The van der Waals surface area contributed by atoms with Crippen LogP contribution in [0.3, 0.4) is 0 Å². The topological polar surface area (TPSA) is 45.1 Å². The average molecular weight is 214 g/mol. The molecule has 0 amide bonds. The number of hydrogen-bond donors (Lipinski definition) is 2. The van der Waals surface area contributed by atoms with Gasteiger partial charge in [0.15, 0.2) is 0 Å². The molecule has 1 rings (SSSR count). The predicted octanol–water partition coefficient (Wildman–Crippen LogP) is 1.87. The molecule has 2 N–H and O–H groups in total. The van der Waals surface area contributed by atoms with E-state index in [1.807, 2.05) is 13.1 Å². The average Bonchev–Trinajstić information content (AvgIpc) is 2.61. The van der Waals surface area contributed by atoms with Crippen LogP contribution in [0.15, 0.2) is 6.20 Å². The van der Waals surface area contributed by atoms with Crippen LogP contribution in [0.1, 0.15) is 36.2 Å². The van der Waals surface area contributed by atoms with E-state index in [2.05, 4.69) is 24.1 Å². The van der Waals surface area contributed by atoms with E-state index in [0.29, 0.717) is 0 Å². The highest BCUT2D eigenvalue weighted by molar-refractivity contribution is 7.11. The Morgan fingerprint density at radius 1 is 1.64 bits per heavy atom. The van der Waals surface area contributed by atoms with Gasteiger partial charge in [-0.2, -0.15) is 0 Å². The first-order valence-electron chi connectivity index (χ1n) is 4.96. The molecule has 14 heavy (non-hydrogen) atoms. The zero-order valence-corrected chi connectivity index (χ0v) is 9.77. The van der Waals surface area contributed by atoms with Crippen molar-refractivity contribution in [2.24, 2.45) is 0 Å². The Morgan fingerprint density at radius 2 is 2.36 bits per heavy atom. The second kappa shape index (κ2) is 5.44. The Hall–Kier alpha value is -0.450. The number of aromatic nitrogens is 1. The zero-order valence-electron chi connectivity index (χ0n) is 8.95. The first-order valence-corrected chi connectivity index (χ1v) is 5.78. The third kappa shape index (κ3) is 3.04. The molecule has 1 aromatic heterocycles. The smallest absolute Gasteiger partial charge is 0.0897 e. The van der Waals surface area contributed by atoms with Crippen molar-refractivity contribution in [2.75, 3.05) is 6.61 Å². The maximum absolute atomic E-state index is 9.05. The van der Waals surface area contributed by atoms with Crippen LogP contribution in [-0.2, 0) is 0 Å². The van der Waals surface area contributed by atoms with Gasteiger partial charge in [-0.25, -0.2) is 4.98 Å². The molecule has 0 saturated heterocycles. The Morgan fingerprint density at radius 3 is 2.79 bits per heavy atom. The van der Waals surface area contributed by atoms with Crippen molar-refractivity contribution in [1.82, 2.24) is 10.3 Å². The maximum atomic E-state index is 9.05. The van der Waals surface area contributed by atoms with Gasteiger partial charge in [0.1, 0.15) is 0 Å². The summed E-state index contributed by atoms with van der Waals surface area (Å²) in [7, 11) is 0. The molecule has 1 aromatic rings. The number of aliphatic hydroxyl groups excluding tert-OH is 1. The number of hydrogen-bond acceptors (Lipinski definition) is 4. The first kappa shape index (κ1) is 11.6.